The second-order valence-corrected chi connectivity index (χ2v) is 5.90. The molecule has 0 aliphatic carbocycles. The van der Waals surface area contributed by atoms with Gasteiger partial charge in [-0.1, -0.05) is 22.4 Å². The first kappa shape index (κ1) is 16.3. The number of piperidine rings is 1. The Morgan fingerprint density at radius 3 is 2.76 bits per heavy atom. The first-order chi connectivity index (χ1) is 9.88. The molecule has 1 aliphatic rings. The van der Waals surface area contributed by atoms with E-state index in [1.807, 2.05) is 0 Å². The van der Waals surface area contributed by atoms with Gasteiger partial charge in [0.25, 0.3) is 5.91 Å². The van der Waals surface area contributed by atoms with Crippen molar-refractivity contribution in [1.29, 1.82) is 0 Å². The lowest BCUT2D eigenvalue weighted by Crippen LogP contribution is -2.43. The van der Waals surface area contributed by atoms with Crippen LogP contribution in [0.25, 0.3) is 0 Å². The van der Waals surface area contributed by atoms with Gasteiger partial charge in [0.15, 0.2) is 0 Å². The predicted octanol–water partition coefficient (Wildman–Crippen LogP) is 3.34. The number of nitrogens with one attached hydrogen (secondary N) is 2. The number of hydrogen-bond acceptors (Lipinski definition) is 2. The van der Waals surface area contributed by atoms with Crippen molar-refractivity contribution in [3.63, 3.8) is 0 Å². The van der Waals surface area contributed by atoms with E-state index in [4.69, 9.17) is 0 Å². The zero-order valence-corrected chi connectivity index (χ0v) is 12.9. The van der Waals surface area contributed by atoms with Crippen molar-refractivity contribution < 1.29 is 18.0 Å². The largest absolute Gasteiger partial charge is 0.417 e. The van der Waals surface area contributed by atoms with E-state index in [2.05, 4.69) is 26.6 Å². The smallest absolute Gasteiger partial charge is 0.350 e. The topological polar surface area (TPSA) is 41.1 Å². The van der Waals surface area contributed by atoms with E-state index in [1.165, 1.54) is 12.1 Å². The second kappa shape index (κ2) is 6.79. The van der Waals surface area contributed by atoms with Gasteiger partial charge in [-0.3, -0.25) is 4.79 Å². The SMILES string of the molecule is O=C(NCC1CCCCN1)c1ccc(Br)c(C(F)(F)F)c1. The summed E-state index contributed by atoms with van der Waals surface area (Å²) in [4.78, 5) is 12.0. The van der Waals surface area contributed by atoms with Gasteiger partial charge in [-0.05, 0) is 37.6 Å². The van der Waals surface area contributed by atoms with Crippen LogP contribution in [0.15, 0.2) is 22.7 Å². The van der Waals surface area contributed by atoms with Crippen molar-refractivity contribution in [2.24, 2.45) is 0 Å². The maximum Gasteiger partial charge on any atom is 0.417 e. The second-order valence-electron chi connectivity index (χ2n) is 5.05. The molecule has 7 heteroatoms. The number of alkyl halides is 3. The van der Waals surface area contributed by atoms with Crippen LogP contribution >= 0.6 is 15.9 Å². The van der Waals surface area contributed by atoms with Gasteiger partial charge in [-0.2, -0.15) is 13.2 Å². The van der Waals surface area contributed by atoms with Crippen molar-refractivity contribution >= 4 is 21.8 Å². The average Bonchev–Trinajstić information content (AvgIpc) is 2.45. The van der Waals surface area contributed by atoms with Gasteiger partial charge in [0.1, 0.15) is 0 Å². The first-order valence-electron chi connectivity index (χ1n) is 6.76. The van der Waals surface area contributed by atoms with Crippen LogP contribution in [0, 0.1) is 0 Å². The summed E-state index contributed by atoms with van der Waals surface area (Å²) in [7, 11) is 0. The molecule has 0 bridgehead atoms. The molecule has 21 heavy (non-hydrogen) atoms. The van der Waals surface area contributed by atoms with Crippen LogP contribution in [-0.2, 0) is 6.18 Å². The third-order valence-corrected chi connectivity index (χ3v) is 4.15. The Kier molecular flexibility index (Phi) is 5.27. The van der Waals surface area contributed by atoms with Gasteiger partial charge in [0.2, 0.25) is 0 Å². The van der Waals surface area contributed by atoms with E-state index in [1.54, 1.807) is 0 Å². The Labute approximate surface area is 129 Å². The molecule has 0 spiro atoms. The molecule has 1 atom stereocenters. The molecule has 2 rings (SSSR count). The summed E-state index contributed by atoms with van der Waals surface area (Å²) in [6, 6.07) is 3.69. The Morgan fingerprint density at radius 1 is 1.38 bits per heavy atom. The van der Waals surface area contributed by atoms with Gasteiger partial charge in [0.05, 0.1) is 5.56 Å². The highest BCUT2D eigenvalue weighted by atomic mass is 79.9. The molecule has 1 heterocycles. The van der Waals surface area contributed by atoms with Crippen LogP contribution in [0.4, 0.5) is 13.2 Å². The molecular weight excluding hydrogens is 349 g/mol. The molecule has 1 fully saturated rings. The van der Waals surface area contributed by atoms with Gasteiger partial charge in [0, 0.05) is 22.6 Å². The fourth-order valence-electron chi connectivity index (χ4n) is 2.30. The monoisotopic (exact) mass is 364 g/mol. The number of hydrogen-bond donors (Lipinski definition) is 2. The van der Waals surface area contributed by atoms with Crippen LogP contribution in [0.5, 0.6) is 0 Å². The number of rotatable bonds is 3. The van der Waals surface area contributed by atoms with E-state index in [9.17, 15) is 18.0 Å². The Bertz CT molecular complexity index is 513. The molecule has 0 radical (unpaired) electrons. The average molecular weight is 365 g/mol. The molecule has 2 N–H and O–H groups in total. The highest BCUT2D eigenvalue weighted by Crippen LogP contribution is 2.35. The summed E-state index contributed by atoms with van der Waals surface area (Å²) in [5.74, 6) is -0.486. The van der Waals surface area contributed by atoms with Crippen LogP contribution in [0.1, 0.15) is 35.2 Å². The van der Waals surface area contributed by atoms with Gasteiger partial charge >= 0.3 is 6.18 Å². The maximum atomic E-state index is 12.8. The van der Waals surface area contributed by atoms with Crippen molar-refractivity contribution in [2.45, 2.75) is 31.5 Å². The molecule has 1 aliphatic heterocycles. The number of halogens is 4. The molecule has 1 aromatic carbocycles. The summed E-state index contributed by atoms with van der Waals surface area (Å²) < 4.78 is 38.3. The van der Waals surface area contributed by atoms with Crippen molar-refractivity contribution in [1.82, 2.24) is 10.6 Å². The zero-order chi connectivity index (χ0) is 15.5. The third-order valence-electron chi connectivity index (χ3n) is 3.46. The summed E-state index contributed by atoms with van der Waals surface area (Å²) in [6.07, 6.45) is -1.30. The highest BCUT2D eigenvalue weighted by molar-refractivity contribution is 9.10. The zero-order valence-electron chi connectivity index (χ0n) is 11.3. The fourth-order valence-corrected chi connectivity index (χ4v) is 2.77. The minimum absolute atomic E-state index is 0.0151. The highest BCUT2D eigenvalue weighted by Gasteiger charge is 2.33. The van der Waals surface area contributed by atoms with E-state index >= 15 is 0 Å². The number of amides is 1. The van der Waals surface area contributed by atoms with Crippen molar-refractivity contribution in [3.05, 3.63) is 33.8 Å². The van der Waals surface area contributed by atoms with Gasteiger partial charge in [-0.15, -0.1) is 0 Å². The van der Waals surface area contributed by atoms with Crippen LogP contribution < -0.4 is 10.6 Å². The molecule has 0 saturated carbocycles. The number of benzene rings is 1. The van der Waals surface area contributed by atoms with Gasteiger partial charge < -0.3 is 10.6 Å². The van der Waals surface area contributed by atoms with Crippen molar-refractivity contribution in [3.8, 4) is 0 Å². The van der Waals surface area contributed by atoms with E-state index in [0.717, 1.165) is 31.9 Å². The molecule has 1 saturated heterocycles. The van der Waals surface area contributed by atoms with E-state index in [-0.39, 0.29) is 16.1 Å². The quantitative estimate of drug-likeness (QED) is 0.863. The Hall–Kier alpha value is -1.08. The van der Waals surface area contributed by atoms with E-state index < -0.39 is 17.6 Å². The summed E-state index contributed by atoms with van der Waals surface area (Å²) in [6.45, 7) is 1.34. The van der Waals surface area contributed by atoms with E-state index in [0.29, 0.717) is 6.54 Å². The molecule has 1 amide bonds. The molecule has 116 valence electrons. The molecule has 0 aromatic heterocycles. The molecular formula is C14H16BrF3N2O. The predicted molar refractivity (Wildman–Crippen MR) is 77.1 cm³/mol. The maximum absolute atomic E-state index is 12.8. The third kappa shape index (κ3) is 4.44. The Morgan fingerprint density at radius 2 is 2.14 bits per heavy atom. The summed E-state index contributed by atoms with van der Waals surface area (Å²) in [5, 5.41) is 5.95. The standard InChI is InChI=1S/C14H16BrF3N2O/c15-12-5-4-9(7-11(12)14(16,17)18)13(21)20-8-10-3-1-2-6-19-10/h4-5,7,10,19H,1-3,6,8H2,(H,20,21). The normalized spacial score (nSPS) is 19.3. The minimum atomic E-state index is -4.49. The van der Waals surface area contributed by atoms with Crippen LogP contribution in [0.3, 0.4) is 0 Å². The molecule has 1 aromatic rings. The van der Waals surface area contributed by atoms with Gasteiger partial charge in [-0.25, -0.2) is 0 Å². The number of carbonyl (C=O) groups excluding carboxylic acids is 1. The molecule has 3 nitrogen and oxygen atoms in total. The first-order valence-corrected chi connectivity index (χ1v) is 7.55. The lowest BCUT2D eigenvalue weighted by Gasteiger charge is -2.23. The summed E-state index contributed by atoms with van der Waals surface area (Å²) >= 11 is 2.86. The fraction of sp³-hybridized carbons (Fsp3) is 0.500. The lowest BCUT2D eigenvalue weighted by molar-refractivity contribution is -0.138. The summed E-state index contributed by atoms with van der Waals surface area (Å²) in [5.41, 5.74) is -0.827. The molecule has 1 unspecified atom stereocenters. The van der Waals surface area contributed by atoms with Crippen molar-refractivity contribution in [2.75, 3.05) is 13.1 Å². The van der Waals surface area contributed by atoms with Crippen LogP contribution in [0.2, 0.25) is 0 Å². The Balaban J connectivity index is 2.02. The number of carbonyl (C=O) groups is 1. The van der Waals surface area contributed by atoms with Crippen LogP contribution in [-0.4, -0.2) is 25.0 Å². The lowest BCUT2D eigenvalue weighted by atomic mass is 10.0. The minimum Gasteiger partial charge on any atom is -0.350 e.